The second kappa shape index (κ2) is 7.49. The van der Waals surface area contributed by atoms with Crippen LogP contribution in [0.25, 0.3) is 10.8 Å². The number of hydrogen-bond acceptors (Lipinski definition) is 3. The molecule has 25 heavy (non-hydrogen) atoms. The first-order valence-corrected chi connectivity index (χ1v) is 7.96. The number of rotatable bonds is 4. The first kappa shape index (κ1) is 16.5. The number of carbonyl (C=O) groups is 1. The molecule has 0 bridgehead atoms. The van der Waals surface area contributed by atoms with Crippen LogP contribution in [-0.2, 0) is 6.54 Å². The Bertz CT molecular complexity index is 918. The molecule has 0 fully saturated rings. The lowest BCUT2D eigenvalue weighted by Crippen LogP contribution is -2.31. The molecule has 126 valence electrons. The van der Waals surface area contributed by atoms with Crippen LogP contribution in [0.1, 0.15) is 16.7 Å². The summed E-state index contributed by atoms with van der Waals surface area (Å²) in [6.07, 6.45) is 1.45. The highest BCUT2D eigenvalue weighted by Crippen LogP contribution is 2.25. The van der Waals surface area contributed by atoms with Gasteiger partial charge < -0.3 is 10.4 Å². The molecule has 3 aromatic carbocycles. The molecule has 3 rings (SSSR count). The summed E-state index contributed by atoms with van der Waals surface area (Å²) in [5.74, 6) is 0.115. The molecule has 0 atom stereocenters. The summed E-state index contributed by atoms with van der Waals surface area (Å²) in [6, 6.07) is 18.6. The number of hydrazone groups is 1. The molecule has 0 aromatic heterocycles. The largest absolute Gasteiger partial charge is 0.507 e. The molecular formula is C20H19N3O2. The van der Waals surface area contributed by atoms with Crippen LogP contribution < -0.4 is 10.7 Å². The second-order valence-electron chi connectivity index (χ2n) is 5.76. The Morgan fingerprint density at radius 3 is 2.64 bits per heavy atom. The highest BCUT2D eigenvalue weighted by molar-refractivity contribution is 6.02. The van der Waals surface area contributed by atoms with E-state index in [1.807, 2.05) is 61.5 Å². The first-order chi connectivity index (χ1) is 12.1. The van der Waals surface area contributed by atoms with Gasteiger partial charge >= 0.3 is 6.03 Å². The van der Waals surface area contributed by atoms with E-state index >= 15 is 0 Å². The lowest BCUT2D eigenvalue weighted by molar-refractivity contribution is 0.241. The van der Waals surface area contributed by atoms with Crippen LogP contribution >= 0.6 is 0 Å². The SMILES string of the molecule is Cc1ccc(CNC(=O)N/N=C/c2c(O)ccc3ccccc23)cc1. The molecule has 0 unspecified atom stereocenters. The van der Waals surface area contributed by atoms with Gasteiger partial charge in [0.05, 0.1) is 6.21 Å². The third-order valence-corrected chi connectivity index (χ3v) is 3.88. The number of amides is 2. The van der Waals surface area contributed by atoms with E-state index in [1.54, 1.807) is 6.07 Å². The van der Waals surface area contributed by atoms with E-state index in [4.69, 9.17) is 0 Å². The standard InChI is InChI=1S/C20H19N3O2/c1-14-6-8-15(9-7-14)12-21-20(25)23-22-13-18-17-5-3-2-4-16(17)10-11-19(18)24/h2-11,13,24H,12H2,1H3,(H2,21,23,25)/b22-13+. The number of aromatic hydroxyl groups is 1. The van der Waals surface area contributed by atoms with Crippen LogP contribution in [0.5, 0.6) is 5.75 Å². The summed E-state index contributed by atoms with van der Waals surface area (Å²) >= 11 is 0. The van der Waals surface area contributed by atoms with Gasteiger partial charge in [-0.3, -0.25) is 0 Å². The van der Waals surface area contributed by atoms with Crippen LogP contribution in [-0.4, -0.2) is 17.4 Å². The zero-order valence-electron chi connectivity index (χ0n) is 13.9. The van der Waals surface area contributed by atoms with Crippen molar-refractivity contribution in [1.29, 1.82) is 0 Å². The van der Waals surface area contributed by atoms with Crippen molar-refractivity contribution in [2.24, 2.45) is 5.10 Å². The fraction of sp³-hybridized carbons (Fsp3) is 0.100. The van der Waals surface area contributed by atoms with Crippen molar-refractivity contribution < 1.29 is 9.90 Å². The average molecular weight is 333 g/mol. The fourth-order valence-electron chi connectivity index (χ4n) is 2.50. The van der Waals surface area contributed by atoms with E-state index in [9.17, 15) is 9.90 Å². The molecule has 0 saturated heterocycles. The molecule has 3 aromatic rings. The summed E-state index contributed by atoms with van der Waals surface area (Å²) in [6.45, 7) is 2.43. The van der Waals surface area contributed by atoms with Gasteiger partial charge in [0.15, 0.2) is 0 Å². The van der Waals surface area contributed by atoms with Crippen LogP contribution in [0.15, 0.2) is 65.8 Å². The lowest BCUT2D eigenvalue weighted by Gasteiger charge is -2.06. The van der Waals surface area contributed by atoms with Gasteiger partial charge in [-0.25, -0.2) is 10.2 Å². The van der Waals surface area contributed by atoms with E-state index in [-0.39, 0.29) is 5.75 Å². The van der Waals surface area contributed by atoms with E-state index in [0.29, 0.717) is 12.1 Å². The van der Waals surface area contributed by atoms with Gasteiger partial charge in [-0.05, 0) is 29.3 Å². The maximum Gasteiger partial charge on any atom is 0.335 e. The van der Waals surface area contributed by atoms with Gasteiger partial charge in [-0.1, -0.05) is 60.2 Å². The predicted molar refractivity (Wildman–Crippen MR) is 99.8 cm³/mol. The van der Waals surface area contributed by atoms with Gasteiger partial charge in [0.2, 0.25) is 0 Å². The molecule has 0 aliphatic carbocycles. The molecule has 0 aliphatic heterocycles. The third-order valence-electron chi connectivity index (χ3n) is 3.88. The number of nitrogens with zero attached hydrogens (tertiary/aromatic N) is 1. The maximum atomic E-state index is 11.8. The van der Waals surface area contributed by atoms with Crippen LogP contribution in [0.4, 0.5) is 4.79 Å². The molecule has 5 nitrogen and oxygen atoms in total. The van der Waals surface area contributed by atoms with E-state index in [2.05, 4.69) is 15.8 Å². The highest BCUT2D eigenvalue weighted by Gasteiger charge is 2.04. The van der Waals surface area contributed by atoms with Crippen molar-refractivity contribution in [3.63, 3.8) is 0 Å². The maximum absolute atomic E-state index is 11.8. The fourth-order valence-corrected chi connectivity index (χ4v) is 2.50. The number of phenols is 1. The van der Waals surface area contributed by atoms with Crippen molar-refractivity contribution in [3.05, 3.63) is 77.4 Å². The number of aryl methyl sites for hydroxylation is 1. The number of fused-ring (bicyclic) bond motifs is 1. The molecular weight excluding hydrogens is 314 g/mol. The zero-order chi connectivity index (χ0) is 17.6. The number of carbonyl (C=O) groups excluding carboxylic acids is 1. The average Bonchev–Trinajstić information content (AvgIpc) is 2.63. The van der Waals surface area contributed by atoms with Crippen LogP contribution in [0.2, 0.25) is 0 Å². The molecule has 5 heteroatoms. The quantitative estimate of drug-likeness (QED) is 0.503. The van der Waals surface area contributed by atoms with Gasteiger partial charge in [-0.2, -0.15) is 5.10 Å². The van der Waals surface area contributed by atoms with Crippen LogP contribution in [0, 0.1) is 6.92 Å². The molecule has 0 radical (unpaired) electrons. The summed E-state index contributed by atoms with van der Waals surface area (Å²) in [5.41, 5.74) is 5.16. The molecule has 0 spiro atoms. The van der Waals surface area contributed by atoms with Crippen molar-refractivity contribution in [3.8, 4) is 5.75 Å². The minimum Gasteiger partial charge on any atom is -0.507 e. The number of phenolic OH excluding ortho intramolecular Hbond substituents is 1. The van der Waals surface area contributed by atoms with Gasteiger partial charge in [0.25, 0.3) is 0 Å². The predicted octanol–water partition coefficient (Wildman–Crippen LogP) is 3.69. The zero-order valence-corrected chi connectivity index (χ0v) is 13.9. The van der Waals surface area contributed by atoms with E-state index in [0.717, 1.165) is 16.3 Å². The Morgan fingerprint density at radius 1 is 1.08 bits per heavy atom. The van der Waals surface area contributed by atoms with Crippen molar-refractivity contribution in [2.45, 2.75) is 13.5 Å². The molecule has 2 amide bonds. The minimum absolute atomic E-state index is 0.115. The third kappa shape index (κ3) is 4.14. The summed E-state index contributed by atoms with van der Waals surface area (Å²) in [4.78, 5) is 11.8. The Labute approximate surface area is 146 Å². The highest BCUT2D eigenvalue weighted by atomic mass is 16.3. The normalized spacial score (nSPS) is 10.9. The van der Waals surface area contributed by atoms with Crippen LogP contribution in [0.3, 0.4) is 0 Å². The Kier molecular flexibility index (Phi) is 4.95. The van der Waals surface area contributed by atoms with Crippen molar-refractivity contribution >= 4 is 23.0 Å². The number of benzene rings is 3. The molecule has 3 N–H and O–H groups in total. The number of nitrogens with one attached hydrogen (secondary N) is 2. The second-order valence-corrected chi connectivity index (χ2v) is 5.76. The molecule has 0 saturated carbocycles. The summed E-state index contributed by atoms with van der Waals surface area (Å²) < 4.78 is 0. The number of urea groups is 1. The van der Waals surface area contributed by atoms with Crippen molar-refractivity contribution in [1.82, 2.24) is 10.7 Å². The van der Waals surface area contributed by atoms with Gasteiger partial charge in [0, 0.05) is 12.1 Å². The lowest BCUT2D eigenvalue weighted by atomic mass is 10.0. The van der Waals surface area contributed by atoms with Gasteiger partial charge in [-0.15, -0.1) is 0 Å². The summed E-state index contributed by atoms with van der Waals surface area (Å²) in [7, 11) is 0. The number of hydrogen-bond donors (Lipinski definition) is 3. The molecule has 0 heterocycles. The molecule has 0 aliphatic rings. The Balaban J connectivity index is 1.62. The minimum atomic E-state index is -0.406. The van der Waals surface area contributed by atoms with Gasteiger partial charge in [0.1, 0.15) is 5.75 Å². The first-order valence-electron chi connectivity index (χ1n) is 7.96. The summed E-state index contributed by atoms with van der Waals surface area (Å²) in [5, 5.41) is 18.6. The van der Waals surface area contributed by atoms with Crippen molar-refractivity contribution in [2.75, 3.05) is 0 Å². The topological polar surface area (TPSA) is 73.7 Å². The monoisotopic (exact) mass is 333 g/mol. The van der Waals surface area contributed by atoms with E-state index < -0.39 is 6.03 Å². The Morgan fingerprint density at radius 2 is 1.84 bits per heavy atom. The van der Waals surface area contributed by atoms with E-state index in [1.165, 1.54) is 11.8 Å². The smallest absolute Gasteiger partial charge is 0.335 e. The Hall–Kier alpha value is -3.34.